The fraction of sp³-hybridized carbons (Fsp3) is 0.237. The van der Waals surface area contributed by atoms with Gasteiger partial charge in [-0.1, -0.05) is 29.8 Å². The molecule has 0 radical (unpaired) electrons. The second-order valence-electron chi connectivity index (χ2n) is 10.7. The third kappa shape index (κ3) is 8.70. The molecule has 0 saturated carbocycles. The molecule has 5 aromatic rings. The fourth-order valence-electron chi connectivity index (χ4n) is 4.98. The van der Waals surface area contributed by atoms with Gasteiger partial charge in [-0.25, -0.2) is 0 Å². The normalized spacial score (nSPS) is 10.7. The minimum absolute atomic E-state index is 0.341. The summed E-state index contributed by atoms with van der Waals surface area (Å²) in [6, 6.07) is 30.2. The highest BCUT2D eigenvalue weighted by Gasteiger charge is 2.10. The van der Waals surface area contributed by atoms with Gasteiger partial charge in [0.15, 0.2) is 0 Å². The van der Waals surface area contributed by atoms with Crippen molar-refractivity contribution >= 4 is 0 Å². The Hall–Kier alpha value is -5.17. The average Bonchev–Trinajstić information content (AvgIpc) is 3.09. The number of hydrogen-bond donors (Lipinski definition) is 0. The molecule has 0 N–H and O–H groups in total. The molecule has 0 aliphatic carbocycles. The number of nitrogens with zero attached hydrogens (tertiary/aromatic N) is 1. The molecule has 0 atom stereocenters. The van der Waals surface area contributed by atoms with Gasteiger partial charge in [-0.15, -0.1) is 0 Å². The Morgan fingerprint density at radius 1 is 0.467 bits per heavy atom. The Kier molecular flexibility index (Phi) is 10.4. The topological polar surface area (TPSA) is 68.3 Å². The van der Waals surface area contributed by atoms with E-state index in [1.54, 1.807) is 28.4 Å². The second kappa shape index (κ2) is 15.0. The van der Waals surface area contributed by atoms with Crippen LogP contribution in [-0.2, 0) is 26.1 Å². The van der Waals surface area contributed by atoms with Crippen molar-refractivity contribution in [1.82, 2.24) is 4.98 Å². The van der Waals surface area contributed by atoms with E-state index in [0.29, 0.717) is 47.7 Å². The highest BCUT2D eigenvalue weighted by Crippen LogP contribution is 2.29. The van der Waals surface area contributed by atoms with E-state index in [0.717, 1.165) is 40.8 Å². The Labute approximate surface area is 265 Å². The smallest absolute Gasteiger partial charge is 0.123 e. The van der Waals surface area contributed by atoms with Crippen LogP contribution in [0.1, 0.15) is 27.8 Å². The Balaban J connectivity index is 1.36. The SMILES string of the molecule is COc1cc(COc2cc(CCc3ccnc(-c4ccc(C)cc4)c3)cc(OCc3cc(OC)cc(OC)c3)c2)cc(OC)c1. The van der Waals surface area contributed by atoms with Crippen LogP contribution in [0.3, 0.4) is 0 Å². The summed E-state index contributed by atoms with van der Waals surface area (Å²) in [6.07, 6.45) is 3.51. The third-order valence-corrected chi connectivity index (χ3v) is 7.45. The van der Waals surface area contributed by atoms with E-state index in [2.05, 4.69) is 60.4 Å². The maximum absolute atomic E-state index is 6.29. The second-order valence-corrected chi connectivity index (χ2v) is 10.7. The quantitative estimate of drug-likeness (QED) is 0.127. The van der Waals surface area contributed by atoms with Gasteiger partial charge in [0, 0.05) is 30.0 Å². The summed E-state index contributed by atoms with van der Waals surface area (Å²) in [5, 5.41) is 0. The van der Waals surface area contributed by atoms with E-state index in [1.807, 2.05) is 48.7 Å². The molecule has 7 heteroatoms. The van der Waals surface area contributed by atoms with Crippen molar-refractivity contribution in [3.05, 3.63) is 125 Å². The summed E-state index contributed by atoms with van der Waals surface area (Å²) in [7, 11) is 6.54. The lowest BCUT2D eigenvalue weighted by atomic mass is 10.0. The predicted molar refractivity (Wildman–Crippen MR) is 176 cm³/mol. The van der Waals surface area contributed by atoms with Crippen LogP contribution in [0.4, 0.5) is 0 Å². The lowest BCUT2D eigenvalue weighted by molar-refractivity contribution is 0.287. The number of aromatic nitrogens is 1. The van der Waals surface area contributed by atoms with Gasteiger partial charge in [0.05, 0.1) is 34.1 Å². The van der Waals surface area contributed by atoms with Gasteiger partial charge in [-0.2, -0.15) is 0 Å². The number of aryl methyl sites for hydroxylation is 3. The molecular formula is C38H39NO6. The first-order valence-corrected chi connectivity index (χ1v) is 14.8. The van der Waals surface area contributed by atoms with Crippen molar-refractivity contribution in [2.24, 2.45) is 0 Å². The van der Waals surface area contributed by atoms with E-state index >= 15 is 0 Å². The minimum Gasteiger partial charge on any atom is -0.497 e. The van der Waals surface area contributed by atoms with Gasteiger partial charge < -0.3 is 28.4 Å². The van der Waals surface area contributed by atoms with Crippen LogP contribution >= 0.6 is 0 Å². The minimum atomic E-state index is 0.341. The molecule has 0 fully saturated rings. The molecular weight excluding hydrogens is 566 g/mol. The first kappa shape index (κ1) is 31.3. The molecule has 45 heavy (non-hydrogen) atoms. The zero-order valence-corrected chi connectivity index (χ0v) is 26.5. The van der Waals surface area contributed by atoms with Crippen molar-refractivity contribution in [3.8, 4) is 45.8 Å². The molecule has 1 heterocycles. The first-order chi connectivity index (χ1) is 21.9. The van der Waals surface area contributed by atoms with E-state index in [9.17, 15) is 0 Å². The van der Waals surface area contributed by atoms with Crippen molar-refractivity contribution in [1.29, 1.82) is 0 Å². The molecule has 0 saturated heterocycles. The zero-order valence-electron chi connectivity index (χ0n) is 26.5. The molecule has 0 amide bonds. The molecule has 0 unspecified atom stereocenters. The van der Waals surface area contributed by atoms with Crippen LogP contribution in [0.25, 0.3) is 11.3 Å². The fourth-order valence-corrected chi connectivity index (χ4v) is 4.98. The van der Waals surface area contributed by atoms with Crippen LogP contribution in [0.2, 0.25) is 0 Å². The largest absolute Gasteiger partial charge is 0.497 e. The van der Waals surface area contributed by atoms with Gasteiger partial charge in [0.25, 0.3) is 0 Å². The van der Waals surface area contributed by atoms with Gasteiger partial charge in [-0.05, 0) is 90.6 Å². The zero-order chi connectivity index (χ0) is 31.6. The van der Waals surface area contributed by atoms with E-state index in [-0.39, 0.29) is 0 Å². The predicted octanol–water partition coefficient (Wildman–Crippen LogP) is 8.03. The average molecular weight is 606 g/mol. The number of pyridine rings is 1. The van der Waals surface area contributed by atoms with E-state index in [4.69, 9.17) is 28.4 Å². The molecule has 0 spiro atoms. The summed E-state index contributed by atoms with van der Waals surface area (Å²) in [6.45, 7) is 2.77. The molecule has 0 aliphatic heterocycles. The molecule has 0 aliphatic rings. The van der Waals surface area contributed by atoms with E-state index in [1.165, 1.54) is 11.1 Å². The van der Waals surface area contributed by atoms with E-state index < -0.39 is 0 Å². The van der Waals surface area contributed by atoms with Crippen LogP contribution in [0.15, 0.2) is 97.2 Å². The lowest BCUT2D eigenvalue weighted by Gasteiger charge is -2.14. The molecule has 4 aromatic carbocycles. The number of hydrogen-bond acceptors (Lipinski definition) is 7. The lowest BCUT2D eigenvalue weighted by Crippen LogP contribution is -2.01. The van der Waals surface area contributed by atoms with Crippen LogP contribution in [0.5, 0.6) is 34.5 Å². The first-order valence-electron chi connectivity index (χ1n) is 14.8. The monoisotopic (exact) mass is 605 g/mol. The number of rotatable bonds is 14. The van der Waals surface area contributed by atoms with Gasteiger partial charge in [0.1, 0.15) is 47.7 Å². The van der Waals surface area contributed by atoms with Gasteiger partial charge in [-0.3, -0.25) is 4.98 Å². The highest BCUT2D eigenvalue weighted by molar-refractivity contribution is 5.60. The molecule has 1 aromatic heterocycles. The summed E-state index contributed by atoms with van der Waals surface area (Å²) in [5.41, 5.74) is 7.48. The van der Waals surface area contributed by atoms with Crippen molar-refractivity contribution in [3.63, 3.8) is 0 Å². The summed E-state index contributed by atoms with van der Waals surface area (Å²) >= 11 is 0. The summed E-state index contributed by atoms with van der Waals surface area (Å²) < 4.78 is 34.3. The van der Waals surface area contributed by atoms with Crippen molar-refractivity contribution in [2.75, 3.05) is 28.4 Å². The maximum Gasteiger partial charge on any atom is 0.123 e. The number of benzene rings is 4. The Bertz CT molecular complexity index is 1590. The maximum atomic E-state index is 6.29. The number of methoxy groups -OCH3 is 4. The van der Waals surface area contributed by atoms with Crippen molar-refractivity contribution < 1.29 is 28.4 Å². The number of ether oxygens (including phenoxy) is 6. The molecule has 5 rings (SSSR count). The molecule has 7 nitrogen and oxygen atoms in total. The summed E-state index contributed by atoms with van der Waals surface area (Å²) in [4.78, 5) is 4.60. The summed E-state index contributed by atoms with van der Waals surface area (Å²) in [5.74, 6) is 4.26. The van der Waals surface area contributed by atoms with Crippen LogP contribution < -0.4 is 28.4 Å². The Morgan fingerprint density at radius 3 is 1.40 bits per heavy atom. The van der Waals surface area contributed by atoms with Crippen LogP contribution in [-0.4, -0.2) is 33.4 Å². The standard InChI is InChI=1S/C38H39NO6/c1-26-6-10-31(11-7-26)38-20-27(12-13-39-38)8-9-28-14-36(44-24-29-16-32(40-2)21-33(17-29)41-3)23-37(15-28)45-25-30-18-34(42-4)22-35(19-30)43-5/h6-7,10-23H,8-9,24-25H2,1-5H3. The van der Waals surface area contributed by atoms with Gasteiger partial charge >= 0.3 is 0 Å². The van der Waals surface area contributed by atoms with Gasteiger partial charge in [0.2, 0.25) is 0 Å². The van der Waals surface area contributed by atoms with Crippen molar-refractivity contribution in [2.45, 2.75) is 33.0 Å². The highest BCUT2D eigenvalue weighted by atomic mass is 16.5. The van der Waals surface area contributed by atoms with Crippen LogP contribution in [0, 0.1) is 6.92 Å². The Morgan fingerprint density at radius 2 is 0.911 bits per heavy atom. The molecule has 232 valence electrons. The third-order valence-electron chi connectivity index (χ3n) is 7.45. The molecule has 0 bridgehead atoms.